The summed E-state index contributed by atoms with van der Waals surface area (Å²) in [6, 6.07) is 13.9. The standard InChI is InChI=1S/C19H22FNO2/c1-14(9-15-5-4-8-18(20)11-15)10-19(23)21-12-16-6-2-3-7-17(16)13-22/h2-8,11,14,22H,9-10,12-13H2,1H3,(H,21,23). The summed E-state index contributed by atoms with van der Waals surface area (Å²) < 4.78 is 13.2. The highest BCUT2D eigenvalue weighted by Gasteiger charge is 2.11. The van der Waals surface area contributed by atoms with E-state index >= 15 is 0 Å². The first-order valence-electron chi connectivity index (χ1n) is 7.77. The maximum absolute atomic E-state index is 13.2. The predicted octanol–water partition coefficient (Wildman–Crippen LogP) is 3.20. The van der Waals surface area contributed by atoms with E-state index in [1.807, 2.05) is 37.3 Å². The van der Waals surface area contributed by atoms with Crippen LogP contribution in [0.1, 0.15) is 30.0 Å². The molecule has 0 radical (unpaired) electrons. The smallest absolute Gasteiger partial charge is 0.220 e. The van der Waals surface area contributed by atoms with Crippen LogP contribution in [0.5, 0.6) is 0 Å². The van der Waals surface area contributed by atoms with Gasteiger partial charge in [-0.1, -0.05) is 43.3 Å². The van der Waals surface area contributed by atoms with Crippen LogP contribution in [0.15, 0.2) is 48.5 Å². The number of halogens is 1. The highest BCUT2D eigenvalue weighted by atomic mass is 19.1. The molecule has 4 heteroatoms. The van der Waals surface area contributed by atoms with Gasteiger partial charge < -0.3 is 10.4 Å². The second kappa shape index (κ2) is 8.44. The number of aliphatic hydroxyl groups excluding tert-OH is 1. The molecule has 2 aromatic rings. The van der Waals surface area contributed by atoms with Crippen molar-refractivity contribution < 1.29 is 14.3 Å². The van der Waals surface area contributed by atoms with Crippen LogP contribution in [0, 0.1) is 11.7 Å². The summed E-state index contributed by atoms with van der Waals surface area (Å²) in [6.45, 7) is 2.34. The van der Waals surface area contributed by atoms with Crippen LogP contribution in [0.2, 0.25) is 0 Å². The number of hydrogen-bond donors (Lipinski definition) is 2. The molecule has 3 nitrogen and oxygen atoms in total. The van der Waals surface area contributed by atoms with Gasteiger partial charge in [0.2, 0.25) is 5.91 Å². The van der Waals surface area contributed by atoms with Crippen LogP contribution in [-0.4, -0.2) is 11.0 Å². The number of nitrogens with one attached hydrogen (secondary N) is 1. The summed E-state index contributed by atoms with van der Waals surface area (Å²) >= 11 is 0. The molecular weight excluding hydrogens is 293 g/mol. The van der Waals surface area contributed by atoms with Gasteiger partial charge in [-0.05, 0) is 41.2 Å². The largest absolute Gasteiger partial charge is 0.392 e. The maximum Gasteiger partial charge on any atom is 0.220 e. The second-order valence-electron chi connectivity index (χ2n) is 5.85. The third kappa shape index (κ3) is 5.49. The van der Waals surface area contributed by atoms with Crippen molar-refractivity contribution in [2.24, 2.45) is 5.92 Å². The first-order chi connectivity index (χ1) is 11.1. The molecule has 2 rings (SSSR count). The van der Waals surface area contributed by atoms with E-state index in [2.05, 4.69) is 5.32 Å². The fourth-order valence-corrected chi connectivity index (χ4v) is 2.61. The van der Waals surface area contributed by atoms with Gasteiger partial charge >= 0.3 is 0 Å². The molecule has 2 N–H and O–H groups in total. The number of aliphatic hydroxyl groups is 1. The fraction of sp³-hybridized carbons (Fsp3) is 0.316. The maximum atomic E-state index is 13.2. The Bertz CT molecular complexity index is 657. The summed E-state index contributed by atoms with van der Waals surface area (Å²) in [5.74, 6) is -0.161. The summed E-state index contributed by atoms with van der Waals surface area (Å²) in [7, 11) is 0. The molecule has 0 saturated carbocycles. The lowest BCUT2D eigenvalue weighted by Crippen LogP contribution is -2.25. The van der Waals surface area contributed by atoms with Crippen molar-refractivity contribution in [3.63, 3.8) is 0 Å². The number of carbonyl (C=O) groups excluding carboxylic acids is 1. The normalized spacial score (nSPS) is 12.0. The SMILES string of the molecule is CC(CC(=O)NCc1ccccc1CO)Cc1cccc(F)c1. The van der Waals surface area contributed by atoms with Gasteiger partial charge in [0.05, 0.1) is 6.61 Å². The molecule has 0 saturated heterocycles. The van der Waals surface area contributed by atoms with Gasteiger partial charge in [0, 0.05) is 13.0 Å². The van der Waals surface area contributed by atoms with Gasteiger partial charge in [0.25, 0.3) is 0 Å². The van der Waals surface area contributed by atoms with Crippen LogP contribution in [0.3, 0.4) is 0 Å². The Labute approximate surface area is 136 Å². The lowest BCUT2D eigenvalue weighted by molar-refractivity contribution is -0.122. The van der Waals surface area contributed by atoms with Gasteiger partial charge in [-0.15, -0.1) is 0 Å². The first kappa shape index (κ1) is 17.2. The van der Waals surface area contributed by atoms with Crippen molar-refractivity contribution in [2.75, 3.05) is 0 Å². The van der Waals surface area contributed by atoms with E-state index in [1.54, 1.807) is 6.07 Å². The van der Waals surface area contributed by atoms with Crippen LogP contribution in [0.25, 0.3) is 0 Å². The van der Waals surface area contributed by atoms with Gasteiger partial charge in [0.15, 0.2) is 0 Å². The number of hydrogen-bond acceptors (Lipinski definition) is 2. The number of amides is 1. The third-order valence-electron chi connectivity index (χ3n) is 3.77. The van der Waals surface area contributed by atoms with Crippen molar-refractivity contribution in [2.45, 2.75) is 32.9 Å². The van der Waals surface area contributed by atoms with Crippen molar-refractivity contribution in [3.8, 4) is 0 Å². The van der Waals surface area contributed by atoms with Crippen LogP contribution in [-0.2, 0) is 24.4 Å². The van der Waals surface area contributed by atoms with E-state index < -0.39 is 0 Å². The molecule has 1 amide bonds. The molecule has 0 spiro atoms. The Balaban J connectivity index is 1.82. The van der Waals surface area contributed by atoms with E-state index in [1.165, 1.54) is 12.1 Å². The Morgan fingerprint density at radius 1 is 1.17 bits per heavy atom. The zero-order chi connectivity index (χ0) is 16.7. The number of carbonyl (C=O) groups is 1. The van der Waals surface area contributed by atoms with Crippen LogP contribution < -0.4 is 5.32 Å². The van der Waals surface area contributed by atoms with E-state index in [0.29, 0.717) is 19.4 Å². The predicted molar refractivity (Wildman–Crippen MR) is 88.1 cm³/mol. The lowest BCUT2D eigenvalue weighted by atomic mass is 9.97. The molecule has 0 heterocycles. The summed E-state index contributed by atoms with van der Waals surface area (Å²) in [6.07, 6.45) is 1.05. The topological polar surface area (TPSA) is 49.3 Å². The van der Waals surface area contributed by atoms with Crippen LogP contribution in [0.4, 0.5) is 4.39 Å². The average molecular weight is 315 g/mol. The minimum atomic E-state index is -0.250. The Morgan fingerprint density at radius 3 is 2.61 bits per heavy atom. The van der Waals surface area contributed by atoms with Gasteiger partial charge in [-0.25, -0.2) is 4.39 Å². The summed E-state index contributed by atoms with van der Waals surface area (Å²) in [5.41, 5.74) is 2.64. The molecule has 0 bridgehead atoms. The van der Waals surface area contributed by atoms with Gasteiger partial charge in [-0.3, -0.25) is 4.79 Å². The Kier molecular flexibility index (Phi) is 6.29. The molecule has 0 aliphatic rings. The summed E-state index contributed by atoms with van der Waals surface area (Å²) in [5, 5.41) is 12.1. The van der Waals surface area contributed by atoms with Gasteiger partial charge in [0.1, 0.15) is 5.82 Å². The minimum Gasteiger partial charge on any atom is -0.392 e. The molecule has 122 valence electrons. The molecule has 0 aromatic heterocycles. The fourth-order valence-electron chi connectivity index (χ4n) is 2.61. The lowest BCUT2D eigenvalue weighted by Gasteiger charge is -2.13. The van der Waals surface area contributed by atoms with Crippen molar-refractivity contribution in [1.82, 2.24) is 5.32 Å². The zero-order valence-electron chi connectivity index (χ0n) is 13.3. The molecule has 1 unspecified atom stereocenters. The molecular formula is C19H22FNO2. The number of rotatable bonds is 7. The minimum absolute atomic E-state index is 0.0397. The molecule has 0 fully saturated rings. The zero-order valence-corrected chi connectivity index (χ0v) is 13.3. The Morgan fingerprint density at radius 2 is 1.91 bits per heavy atom. The van der Waals surface area contributed by atoms with Crippen molar-refractivity contribution in [3.05, 3.63) is 71.0 Å². The molecule has 23 heavy (non-hydrogen) atoms. The van der Waals surface area contributed by atoms with E-state index in [0.717, 1.165) is 16.7 Å². The molecule has 0 aliphatic carbocycles. The Hall–Kier alpha value is -2.20. The van der Waals surface area contributed by atoms with E-state index in [-0.39, 0.29) is 24.2 Å². The van der Waals surface area contributed by atoms with Crippen molar-refractivity contribution >= 4 is 5.91 Å². The highest BCUT2D eigenvalue weighted by molar-refractivity contribution is 5.76. The monoisotopic (exact) mass is 315 g/mol. The molecule has 2 aromatic carbocycles. The number of benzene rings is 2. The van der Waals surface area contributed by atoms with E-state index in [9.17, 15) is 14.3 Å². The van der Waals surface area contributed by atoms with Crippen LogP contribution >= 0.6 is 0 Å². The molecule has 1 atom stereocenters. The van der Waals surface area contributed by atoms with Crippen molar-refractivity contribution in [1.29, 1.82) is 0 Å². The van der Waals surface area contributed by atoms with E-state index in [4.69, 9.17) is 0 Å². The quantitative estimate of drug-likeness (QED) is 0.824. The highest BCUT2D eigenvalue weighted by Crippen LogP contribution is 2.13. The third-order valence-corrected chi connectivity index (χ3v) is 3.77. The average Bonchev–Trinajstić information content (AvgIpc) is 2.53. The second-order valence-corrected chi connectivity index (χ2v) is 5.85. The van der Waals surface area contributed by atoms with Gasteiger partial charge in [-0.2, -0.15) is 0 Å². The first-order valence-corrected chi connectivity index (χ1v) is 7.77. The molecule has 0 aliphatic heterocycles. The summed E-state index contributed by atoms with van der Waals surface area (Å²) in [4.78, 5) is 12.0.